The SMILES string of the molecule is CCC(C)(Pc1c(C)cccc1F)c1cccc(C)c1O. The van der Waals surface area contributed by atoms with Crippen LogP contribution >= 0.6 is 8.58 Å². The van der Waals surface area contributed by atoms with Gasteiger partial charge in [-0.05, 0) is 37.5 Å². The van der Waals surface area contributed by atoms with Crippen LogP contribution in [0.25, 0.3) is 0 Å². The fourth-order valence-corrected chi connectivity index (χ4v) is 4.06. The third-order valence-corrected chi connectivity index (χ3v) is 6.22. The van der Waals surface area contributed by atoms with Crippen molar-refractivity contribution < 1.29 is 9.50 Å². The molecule has 1 N–H and O–H groups in total. The van der Waals surface area contributed by atoms with Crippen LogP contribution in [0.5, 0.6) is 5.75 Å². The summed E-state index contributed by atoms with van der Waals surface area (Å²) in [5, 5.41) is 10.9. The molecular weight excluding hydrogens is 282 g/mol. The summed E-state index contributed by atoms with van der Waals surface area (Å²) in [4.78, 5) is 0. The van der Waals surface area contributed by atoms with Gasteiger partial charge in [-0.25, -0.2) is 4.39 Å². The fourth-order valence-electron chi connectivity index (χ4n) is 2.52. The van der Waals surface area contributed by atoms with Crippen molar-refractivity contribution in [2.45, 2.75) is 39.3 Å². The van der Waals surface area contributed by atoms with E-state index in [-0.39, 0.29) is 19.6 Å². The van der Waals surface area contributed by atoms with Crippen LogP contribution in [0.3, 0.4) is 0 Å². The van der Waals surface area contributed by atoms with Gasteiger partial charge in [-0.15, -0.1) is 0 Å². The minimum atomic E-state index is -0.261. The highest BCUT2D eigenvalue weighted by atomic mass is 31.1. The molecule has 112 valence electrons. The highest BCUT2D eigenvalue weighted by molar-refractivity contribution is 7.48. The predicted octanol–water partition coefficient (Wildman–Crippen LogP) is 4.78. The van der Waals surface area contributed by atoms with E-state index >= 15 is 0 Å². The van der Waals surface area contributed by atoms with Crippen LogP contribution in [0.15, 0.2) is 36.4 Å². The molecule has 2 aromatic rings. The largest absolute Gasteiger partial charge is 0.507 e. The molecule has 0 radical (unpaired) electrons. The molecule has 1 nitrogen and oxygen atoms in total. The highest BCUT2D eigenvalue weighted by Crippen LogP contribution is 2.48. The average molecular weight is 304 g/mol. The van der Waals surface area contributed by atoms with Gasteiger partial charge in [0.15, 0.2) is 0 Å². The average Bonchev–Trinajstić information content (AvgIpc) is 2.46. The van der Waals surface area contributed by atoms with Crippen molar-refractivity contribution in [3.8, 4) is 5.75 Å². The molecule has 2 unspecified atom stereocenters. The summed E-state index contributed by atoms with van der Waals surface area (Å²) in [5.41, 5.74) is 2.74. The summed E-state index contributed by atoms with van der Waals surface area (Å²) in [6.45, 7) is 8.03. The van der Waals surface area contributed by atoms with Gasteiger partial charge in [0.05, 0.1) is 0 Å². The van der Waals surface area contributed by atoms with Crippen LogP contribution in [0.4, 0.5) is 4.39 Å². The Morgan fingerprint density at radius 3 is 2.33 bits per heavy atom. The van der Waals surface area contributed by atoms with E-state index in [9.17, 15) is 9.50 Å². The number of halogens is 1. The van der Waals surface area contributed by atoms with Crippen molar-refractivity contribution in [2.24, 2.45) is 0 Å². The van der Waals surface area contributed by atoms with Gasteiger partial charge >= 0.3 is 0 Å². The molecule has 0 bridgehead atoms. The van der Waals surface area contributed by atoms with Crippen molar-refractivity contribution in [1.29, 1.82) is 0 Å². The zero-order chi connectivity index (χ0) is 15.6. The van der Waals surface area contributed by atoms with E-state index in [1.54, 1.807) is 6.07 Å². The Bertz CT molecular complexity index is 633. The third kappa shape index (κ3) is 3.11. The van der Waals surface area contributed by atoms with Gasteiger partial charge in [-0.3, -0.25) is 0 Å². The molecule has 0 amide bonds. The number of aromatic hydroxyl groups is 1. The molecule has 0 saturated heterocycles. The number of hydrogen-bond acceptors (Lipinski definition) is 1. The van der Waals surface area contributed by atoms with Crippen molar-refractivity contribution in [3.05, 3.63) is 58.9 Å². The maximum absolute atomic E-state index is 14.2. The lowest BCUT2D eigenvalue weighted by atomic mass is 9.94. The standard InChI is InChI=1S/C18H22FOP/c1-5-18(4,14-10-6-8-12(2)16(14)20)21-17-13(3)9-7-11-15(17)19/h6-11,20-21H,5H2,1-4H3. The molecule has 0 heterocycles. The van der Waals surface area contributed by atoms with Gasteiger partial charge in [-0.2, -0.15) is 0 Å². The van der Waals surface area contributed by atoms with Crippen molar-refractivity contribution in [3.63, 3.8) is 0 Å². The van der Waals surface area contributed by atoms with Crippen LogP contribution in [0.2, 0.25) is 0 Å². The summed E-state index contributed by atoms with van der Waals surface area (Å²) < 4.78 is 14.2. The van der Waals surface area contributed by atoms with E-state index in [2.05, 4.69) is 13.8 Å². The molecule has 0 aliphatic rings. The monoisotopic (exact) mass is 304 g/mol. The molecule has 0 spiro atoms. The van der Waals surface area contributed by atoms with E-state index in [4.69, 9.17) is 0 Å². The first-order chi connectivity index (χ1) is 9.89. The normalized spacial score (nSPS) is 14.5. The summed E-state index contributed by atoms with van der Waals surface area (Å²) in [6, 6.07) is 11.0. The fraction of sp³-hybridized carbons (Fsp3) is 0.333. The van der Waals surface area contributed by atoms with Crippen LogP contribution in [-0.2, 0) is 5.16 Å². The second-order valence-corrected chi connectivity index (χ2v) is 7.57. The Balaban J connectivity index is 2.49. The third-order valence-electron chi connectivity index (χ3n) is 4.16. The Morgan fingerprint density at radius 1 is 1.10 bits per heavy atom. The van der Waals surface area contributed by atoms with Gasteiger partial charge in [0, 0.05) is 16.0 Å². The summed E-state index contributed by atoms with van der Waals surface area (Å²) in [5.74, 6) is 0.184. The minimum absolute atomic E-state index is 0.153. The zero-order valence-corrected chi connectivity index (χ0v) is 14.0. The van der Waals surface area contributed by atoms with Gasteiger partial charge in [0.2, 0.25) is 0 Å². The number of phenols is 1. The molecule has 2 rings (SSSR count). The number of benzene rings is 2. The maximum Gasteiger partial charge on any atom is 0.130 e. The van der Waals surface area contributed by atoms with Crippen LogP contribution in [0.1, 0.15) is 37.0 Å². The topological polar surface area (TPSA) is 20.2 Å². The first-order valence-electron chi connectivity index (χ1n) is 7.21. The lowest BCUT2D eigenvalue weighted by Crippen LogP contribution is -2.21. The highest BCUT2D eigenvalue weighted by Gasteiger charge is 2.30. The van der Waals surface area contributed by atoms with Crippen LogP contribution in [-0.4, -0.2) is 5.11 Å². The number of hydrogen-bond donors (Lipinski definition) is 1. The molecular formula is C18H22FOP. The van der Waals surface area contributed by atoms with Crippen LogP contribution in [0, 0.1) is 19.7 Å². The Morgan fingerprint density at radius 2 is 1.71 bits per heavy atom. The molecule has 0 aliphatic carbocycles. The molecule has 21 heavy (non-hydrogen) atoms. The van der Waals surface area contributed by atoms with Crippen LogP contribution < -0.4 is 5.30 Å². The molecule has 2 aromatic carbocycles. The molecule has 3 heteroatoms. The Hall–Kier alpha value is -1.40. The van der Waals surface area contributed by atoms with Gasteiger partial charge in [0.1, 0.15) is 11.6 Å². The van der Waals surface area contributed by atoms with E-state index in [0.717, 1.165) is 28.4 Å². The maximum atomic E-state index is 14.2. The molecule has 0 fully saturated rings. The molecule has 0 aliphatic heterocycles. The zero-order valence-electron chi connectivity index (χ0n) is 13.0. The van der Waals surface area contributed by atoms with Gasteiger partial charge < -0.3 is 5.11 Å². The first-order valence-corrected chi connectivity index (χ1v) is 8.21. The van der Waals surface area contributed by atoms with Crippen molar-refractivity contribution >= 4 is 13.9 Å². The second kappa shape index (κ2) is 6.15. The summed E-state index contributed by atoms with van der Waals surface area (Å²) in [7, 11) is 0.281. The first kappa shape index (κ1) is 16.0. The summed E-state index contributed by atoms with van der Waals surface area (Å²) >= 11 is 0. The van der Waals surface area contributed by atoms with E-state index in [1.807, 2.05) is 38.1 Å². The lowest BCUT2D eigenvalue weighted by molar-refractivity contribution is 0.452. The number of rotatable bonds is 4. The molecule has 0 saturated carbocycles. The summed E-state index contributed by atoms with van der Waals surface area (Å²) in [6.07, 6.45) is 0.843. The number of phenolic OH excluding ortho intramolecular Hbond substituents is 1. The Labute approximate surface area is 128 Å². The Kier molecular flexibility index (Phi) is 4.68. The van der Waals surface area contributed by atoms with E-state index in [1.165, 1.54) is 6.07 Å². The molecule has 0 aromatic heterocycles. The van der Waals surface area contributed by atoms with E-state index < -0.39 is 0 Å². The molecule has 2 atom stereocenters. The number of para-hydroxylation sites is 1. The quantitative estimate of drug-likeness (QED) is 0.806. The van der Waals surface area contributed by atoms with Crippen molar-refractivity contribution in [2.75, 3.05) is 0 Å². The van der Waals surface area contributed by atoms with Crippen molar-refractivity contribution in [1.82, 2.24) is 0 Å². The lowest BCUT2D eigenvalue weighted by Gasteiger charge is -2.31. The minimum Gasteiger partial charge on any atom is -0.507 e. The number of aryl methyl sites for hydroxylation is 2. The smallest absolute Gasteiger partial charge is 0.130 e. The van der Waals surface area contributed by atoms with Gasteiger partial charge in [-0.1, -0.05) is 52.8 Å². The van der Waals surface area contributed by atoms with E-state index in [0.29, 0.717) is 5.75 Å². The van der Waals surface area contributed by atoms with Gasteiger partial charge in [0.25, 0.3) is 0 Å². The predicted molar refractivity (Wildman–Crippen MR) is 89.6 cm³/mol. The second-order valence-electron chi connectivity index (χ2n) is 5.71.